The fraction of sp³-hybridized carbons (Fsp3) is 0.611. The molecule has 1 N–H and O–H groups in total. The van der Waals surface area contributed by atoms with Gasteiger partial charge in [0.15, 0.2) is 0 Å². The predicted molar refractivity (Wildman–Crippen MR) is 94.4 cm³/mol. The number of alkyl halides is 3. The Balaban J connectivity index is 1.33. The Labute approximate surface area is 160 Å². The van der Waals surface area contributed by atoms with Gasteiger partial charge in [-0.1, -0.05) is 0 Å². The second-order valence-electron chi connectivity index (χ2n) is 7.79. The number of carbonyl (C=O) groups excluding carboxylic acids is 2. The van der Waals surface area contributed by atoms with Crippen LogP contribution in [0.1, 0.15) is 25.3 Å². The second-order valence-corrected chi connectivity index (χ2v) is 7.79. The van der Waals surface area contributed by atoms with Crippen LogP contribution in [0.25, 0.3) is 0 Å². The van der Waals surface area contributed by atoms with Gasteiger partial charge in [-0.15, -0.1) is 0 Å². The van der Waals surface area contributed by atoms with Gasteiger partial charge in [-0.2, -0.15) is 13.2 Å². The SMILES string of the molecule is C[C@@]1(C2CC2)NC(=O)N(CN2CCN(c3ccc(C(F)(F)F)cn3)CC2)C1=O. The standard InChI is InChI=1S/C18H22F3N5O2/c1-17(12-2-3-12)15(27)26(16(28)23-17)11-24-6-8-25(9-7-24)14-5-4-13(10-22-14)18(19,20)21/h4-5,10,12H,2-3,6-9,11H2,1H3,(H,23,28)/t17-/m0/s1. The maximum atomic E-state index is 12.7. The summed E-state index contributed by atoms with van der Waals surface area (Å²) in [6.07, 6.45) is -1.65. The van der Waals surface area contributed by atoms with Crippen molar-refractivity contribution >= 4 is 17.8 Å². The summed E-state index contributed by atoms with van der Waals surface area (Å²) in [6.45, 7) is 4.30. The lowest BCUT2D eigenvalue weighted by atomic mass is 9.96. The van der Waals surface area contributed by atoms with Crippen LogP contribution < -0.4 is 10.2 Å². The lowest BCUT2D eigenvalue weighted by Gasteiger charge is -2.36. The summed E-state index contributed by atoms with van der Waals surface area (Å²) < 4.78 is 38.0. The van der Waals surface area contributed by atoms with Gasteiger partial charge in [0.1, 0.15) is 11.4 Å². The minimum absolute atomic E-state index is 0.174. The Morgan fingerprint density at radius 3 is 2.39 bits per heavy atom. The Bertz CT molecular complexity index is 772. The van der Waals surface area contributed by atoms with E-state index in [2.05, 4.69) is 10.3 Å². The third-order valence-corrected chi connectivity index (χ3v) is 5.81. The largest absolute Gasteiger partial charge is 0.417 e. The quantitative estimate of drug-likeness (QED) is 0.786. The van der Waals surface area contributed by atoms with Crippen molar-refractivity contribution in [1.82, 2.24) is 20.1 Å². The molecule has 1 aliphatic carbocycles. The van der Waals surface area contributed by atoms with Crippen LogP contribution in [0.2, 0.25) is 0 Å². The topological polar surface area (TPSA) is 68.8 Å². The molecule has 0 radical (unpaired) electrons. The Hall–Kier alpha value is -2.36. The van der Waals surface area contributed by atoms with Crippen LogP contribution in [0, 0.1) is 5.92 Å². The maximum absolute atomic E-state index is 12.7. The van der Waals surface area contributed by atoms with E-state index in [1.165, 1.54) is 11.0 Å². The van der Waals surface area contributed by atoms with Crippen LogP contribution in [0.4, 0.5) is 23.8 Å². The Kier molecular flexibility index (Phi) is 4.48. The molecule has 1 saturated carbocycles. The molecule has 2 aliphatic heterocycles. The molecule has 4 rings (SSSR count). The van der Waals surface area contributed by atoms with Crippen LogP contribution in [-0.2, 0) is 11.0 Å². The molecule has 1 aromatic rings. The zero-order valence-corrected chi connectivity index (χ0v) is 15.5. The number of halogens is 3. The number of imide groups is 1. The smallest absolute Gasteiger partial charge is 0.354 e. The van der Waals surface area contributed by atoms with E-state index in [9.17, 15) is 22.8 Å². The van der Waals surface area contributed by atoms with E-state index in [1.54, 1.807) is 6.92 Å². The van der Waals surface area contributed by atoms with E-state index < -0.39 is 17.3 Å². The molecule has 10 heteroatoms. The van der Waals surface area contributed by atoms with Gasteiger partial charge in [0.25, 0.3) is 5.91 Å². The Morgan fingerprint density at radius 2 is 1.86 bits per heavy atom. The lowest BCUT2D eigenvalue weighted by molar-refractivity contribution is -0.138. The van der Waals surface area contributed by atoms with Crippen LogP contribution in [0.3, 0.4) is 0 Å². The first-order valence-electron chi connectivity index (χ1n) is 9.33. The minimum atomic E-state index is -4.40. The lowest BCUT2D eigenvalue weighted by Crippen LogP contribution is -2.52. The van der Waals surface area contributed by atoms with Gasteiger partial charge >= 0.3 is 12.2 Å². The van der Waals surface area contributed by atoms with E-state index in [0.29, 0.717) is 32.0 Å². The molecule has 28 heavy (non-hydrogen) atoms. The molecule has 0 spiro atoms. The highest BCUT2D eigenvalue weighted by atomic mass is 19.4. The number of nitrogens with one attached hydrogen (secondary N) is 1. The minimum Gasteiger partial charge on any atom is -0.354 e. The molecule has 2 saturated heterocycles. The van der Waals surface area contributed by atoms with Crippen LogP contribution in [0.5, 0.6) is 0 Å². The van der Waals surface area contributed by atoms with Gasteiger partial charge in [0.05, 0.1) is 12.2 Å². The summed E-state index contributed by atoms with van der Waals surface area (Å²) >= 11 is 0. The number of hydrogen-bond donors (Lipinski definition) is 1. The number of amides is 3. The zero-order chi connectivity index (χ0) is 20.1. The highest BCUT2D eigenvalue weighted by Gasteiger charge is 2.56. The number of carbonyl (C=O) groups is 2. The van der Waals surface area contributed by atoms with Crippen LogP contribution in [-0.4, -0.2) is 65.1 Å². The molecule has 0 bridgehead atoms. The summed E-state index contributed by atoms with van der Waals surface area (Å²) in [6, 6.07) is 2.05. The number of nitrogens with zero attached hydrogens (tertiary/aromatic N) is 4. The molecule has 1 aromatic heterocycles. The van der Waals surface area contributed by atoms with E-state index in [1.807, 2.05) is 9.80 Å². The third kappa shape index (κ3) is 3.41. The number of anilines is 1. The highest BCUT2D eigenvalue weighted by Crippen LogP contribution is 2.42. The monoisotopic (exact) mass is 397 g/mol. The molecule has 3 amide bonds. The average Bonchev–Trinajstić information content (AvgIpc) is 3.48. The summed E-state index contributed by atoms with van der Waals surface area (Å²) in [4.78, 5) is 34.0. The fourth-order valence-electron chi connectivity index (χ4n) is 3.84. The number of piperazine rings is 1. The number of urea groups is 1. The van der Waals surface area contributed by atoms with Crippen molar-refractivity contribution in [3.63, 3.8) is 0 Å². The van der Waals surface area contributed by atoms with Crippen molar-refractivity contribution in [1.29, 1.82) is 0 Å². The van der Waals surface area contributed by atoms with Crippen molar-refractivity contribution in [2.24, 2.45) is 5.92 Å². The van der Waals surface area contributed by atoms with Gasteiger partial charge in [0, 0.05) is 32.4 Å². The molecule has 3 fully saturated rings. The molecular formula is C18H22F3N5O2. The van der Waals surface area contributed by atoms with Gasteiger partial charge < -0.3 is 10.2 Å². The normalized spacial score (nSPS) is 26.7. The van der Waals surface area contributed by atoms with Gasteiger partial charge in [-0.05, 0) is 37.8 Å². The maximum Gasteiger partial charge on any atom is 0.417 e. The molecule has 1 atom stereocenters. The molecular weight excluding hydrogens is 375 g/mol. The summed E-state index contributed by atoms with van der Waals surface area (Å²) in [5.74, 6) is 0.535. The number of hydrogen-bond acceptors (Lipinski definition) is 5. The number of aromatic nitrogens is 1. The van der Waals surface area contributed by atoms with Crippen LogP contribution in [0.15, 0.2) is 18.3 Å². The van der Waals surface area contributed by atoms with Crippen LogP contribution >= 0.6 is 0 Å². The zero-order valence-electron chi connectivity index (χ0n) is 15.5. The van der Waals surface area contributed by atoms with Crippen molar-refractivity contribution in [2.45, 2.75) is 31.5 Å². The first-order chi connectivity index (χ1) is 13.2. The van der Waals surface area contributed by atoms with E-state index in [0.717, 1.165) is 25.1 Å². The average molecular weight is 397 g/mol. The number of rotatable bonds is 4. The molecule has 0 unspecified atom stereocenters. The molecule has 3 aliphatic rings. The van der Waals surface area contributed by atoms with Crippen molar-refractivity contribution in [3.8, 4) is 0 Å². The molecule has 0 aromatic carbocycles. The Morgan fingerprint density at radius 1 is 1.18 bits per heavy atom. The highest BCUT2D eigenvalue weighted by molar-refractivity contribution is 6.07. The molecule has 7 nitrogen and oxygen atoms in total. The second kappa shape index (κ2) is 6.61. The number of pyridine rings is 1. The van der Waals surface area contributed by atoms with Crippen molar-refractivity contribution in [3.05, 3.63) is 23.9 Å². The first kappa shape index (κ1) is 19.0. The fourth-order valence-corrected chi connectivity index (χ4v) is 3.84. The van der Waals surface area contributed by atoms with Crippen molar-refractivity contribution < 1.29 is 22.8 Å². The molecule has 152 valence electrons. The van der Waals surface area contributed by atoms with E-state index in [-0.39, 0.29) is 24.5 Å². The summed E-state index contributed by atoms with van der Waals surface area (Å²) in [7, 11) is 0. The third-order valence-electron chi connectivity index (χ3n) is 5.81. The van der Waals surface area contributed by atoms with Gasteiger partial charge in [0.2, 0.25) is 0 Å². The van der Waals surface area contributed by atoms with Gasteiger partial charge in [-0.3, -0.25) is 9.69 Å². The van der Waals surface area contributed by atoms with Gasteiger partial charge in [-0.25, -0.2) is 14.7 Å². The van der Waals surface area contributed by atoms with Crippen molar-refractivity contribution in [2.75, 3.05) is 37.7 Å². The summed E-state index contributed by atoms with van der Waals surface area (Å²) in [5.41, 5.74) is -1.56. The molecule has 3 heterocycles. The first-order valence-corrected chi connectivity index (χ1v) is 9.33. The summed E-state index contributed by atoms with van der Waals surface area (Å²) in [5, 5.41) is 2.83. The van der Waals surface area contributed by atoms with E-state index >= 15 is 0 Å². The predicted octanol–water partition coefficient (Wildman–Crippen LogP) is 1.90. The van der Waals surface area contributed by atoms with E-state index in [4.69, 9.17) is 0 Å².